The average Bonchev–Trinajstić information content (AvgIpc) is 3.03. The zero-order valence-electron chi connectivity index (χ0n) is 26.6. The minimum absolute atomic E-state index is 0.246. The predicted molar refractivity (Wildman–Crippen MR) is 160 cm³/mol. The number of ether oxygens (including phenoxy) is 5. The van der Waals surface area contributed by atoms with Crippen molar-refractivity contribution in [1.29, 1.82) is 0 Å². The fourth-order valence-electron chi connectivity index (χ4n) is 5.39. The lowest BCUT2D eigenvalue weighted by molar-refractivity contribution is -0.332. The Morgan fingerprint density at radius 3 is 1.62 bits per heavy atom. The number of hydrogen-bond acceptors (Lipinski definition) is 14. The molecule has 14 nitrogen and oxygen atoms in total. The Morgan fingerprint density at radius 1 is 0.622 bits per heavy atom. The van der Waals surface area contributed by atoms with Crippen molar-refractivity contribution in [1.82, 2.24) is 0 Å². The summed E-state index contributed by atoms with van der Waals surface area (Å²) in [6.45, 7) is 0.301. The van der Waals surface area contributed by atoms with E-state index in [0.29, 0.717) is 6.42 Å². The SMILES string of the molecule is CCCCCCCCCCCCCCCC(=O)OC[C@H](O)CO[C@@H]1O[C@H](CO[C@H]2O[C@H](CO)[C@H](O)[C@H](O)[C@H]2O)[C@H](O)[C@H](O)[C@H]1O. The van der Waals surface area contributed by atoms with E-state index in [1.54, 1.807) is 0 Å². The van der Waals surface area contributed by atoms with Gasteiger partial charge in [0.25, 0.3) is 0 Å². The number of hydrogen-bond donors (Lipinski definition) is 8. The van der Waals surface area contributed by atoms with Gasteiger partial charge in [0.15, 0.2) is 12.6 Å². The zero-order valence-corrected chi connectivity index (χ0v) is 26.6. The molecular formula is C31H58O14. The summed E-state index contributed by atoms with van der Waals surface area (Å²) in [5, 5.41) is 80.2. The molecule has 0 amide bonds. The van der Waals surface area contributed by atoms with E-state index < -0.39 is 93.3 Å². The van der Waals surface area contributed by atoms with Gasteiger partial charge in [0, 0.05) is 6.42 Å². The van der Waals surface area contributed by atoms with Gasteiger partial charge in [0.05, 0.1) is 19.8 Å². The van der Waals surface area contributed by atoms with Crippen LogP contribution in [0.3, 0.4) is 0 Å². The van der Waals surface area contributed by atoms with Gasteiger partial charge in [-0.05, 0) is 6.42 Å². The van der Waals surface area contributed by atoms with Crippen LogP contribution in [-0.4, -0.2) is 141 Å². The third kappa shape index (κ3) is 14.3. The van der Waals surface area contributed by atoms with Gasteiger partial charge < -0.3 is 64.5 Å². The summed E-state index contributed by atoms with van der Waals surface area (Å²) in [6, 6.07) is 0. The molecule has 0 aliphatic carbocycles. The summed E-state index contributed by atoms with van der Waals surface area (Å²) in [7, 11) is 0. The number of aliphatic hydroxyl groups is 8. The van der Waals surface area contributed by atoms with Crippen LogP contribution in [-0.2, 0) is 28.5 Å². The first-order chi connectivity index (χ1) is 21.6. The van der Waals surface area contributed by atoms with Crippen molar-refractivity contribution in [3.05, 3.63) is 0 Å². The van der Waals surface area contributed by atoms with Gasteiger partial charge >= 0.3 is 5.97 Å². The number of carbonyl (C=O) groups excluding carboxylic acids is 1. The quantitative estimate of drug-likeness (QED) is 0.0537. The van der Waals surface area contributed by atoms with Crippen LogP contribution in [0.15, 0.2) is 0 Å². The largest absolute Gasteiger partial charge is 0.463 e. The highest BCUT2D eigenvalue weighted by molar-refractivity contribution is 5.69. The summed E-state index contributed by atoms with van der Waals surface area (Å²) in [5.41, 5.74) is 0. The van der Waals surface area contributed by atoms with Crippen molar-refractivity contribution in [3.63, 3.8) is 0 Å². The Kier molecular flexibility index (Phi) is 20.1. The standard InChI is InChI=1S/C31H58O14/c1-2-3-4-5-6-7-8-9-10-11-12-13-14-15-23(34)41-17-20(33)18-42-30-29(40)27(38)25(36)22(45-30)19-43-31-28(39)26(37)24(35)21(16-32)44-31/h20-22,24-33,35-40H,2-19H2,1H3/t20-,21+,22+,24-,25-,26-,27-,28+,29+,30+,31-/m0/s1. The molecule has 0 aromatic heterocycles. The van der Waals surface area contributed by atoms with Gasteiger partial charge in [-0.25, -0.2) is 0 Å². The summed E-state index contributed by atoms with van der Waals surface area (Å²) in [5.74, 6) is -0.435. The molecule has 0 aromatic carbocycles. The zero-order chi connectivity index (χ0) is 33.2. The fourth-order valence-corrected chi connectivity index (χ4v) is 5.39. The van der Waals surface area contributed by atoms with Crippen LogP contribution in [0, 0.1) is 0 Å². The number of aliphatic hydroxyl groups excluding tert-OH is 8. The van der Waals surface area contributed by atoms with Gasteiger partial charge in [-0.1, -0.05) is 84.0 Å². The van der Waals surface area contributed by atoms with E-state index in [0.717, 1.165) is 19.3 Å². The van der Waals surface area contributed by atoms with E-state index in [4.69, 9.17) is 23.7 Å². The average molecular weight is 655 g/mol. The van der Waals surface area contributed by atoms with Crippen LogP contribution in [0.5, 0.6) is 0 Å². The summed E-state index contributed by atoms with van der Waals surface area (Å²) < 4.78 is 26.6. The second-order valence-corrected chi connectivity index (χ2v) is 12.2. The van der Waals surface area contributed by atoms with Gasteiger partial charge in [-0.2, -0.15) is 0 Å². The highest BCUT2D eigenvalue weighted by Gasteiger charge is 2.47. The molecule has 0 aromatic rings. The number of esters is 1. The maximum atomic E-state index is 12.0. The van der Waals surface area contributed by atoms with E-state index in [1.807, 2.05) is 0 Å². The lowest BCUT2D eigenvalue weighted by atomic mass is 9.98. The summed E-state index contributed by atoms with van der Waals surface area (Å²) in [6.07, 6.45) is -0.913. The third-order valence-corrected chi connectivity index (χ3v) is 8.32. The molecule has 14 heteroatoms. The maximum absolute atomic E-state index is 12.0. The molecule has 0 radical (unpaired) electrons. The van der Waals surface area contributed by atoms with Gasteiger partial charge in [-0.15, -0.1) is 0 Å². The fraction of sp³-hybridized carbons (Fsp3) is 0.968. The first-order valence-electron chi connectivity index (χ1n) is 16.7. The summed E-state index contributed by atoms with van der Waals surface area (Å²) >= 11 is 0. The molecule has 45 heavy (non-hydrogen) atoms. The molecule has 8 N–H and O–H groups in total. The molecule has 0 bridgehead atoms. The van der Waals surface area contributed by atoms with E-state index in [2.05, 4.69) is 6.92 Å². The molecule has 2 aliphatic rings. The van der Waals surface area contributed by atoms with E-state index >= 15 is 0 Å². The number of carbonyl (C=O) groups is 1. The first kappa shape index (κ1) is 40.2. The Hall–Kier alpha value is -1.01. The van der Waals surface area contributed by atoms with Crippen LogP contribution >= 0.6 is 0 Å². The van der Waals surface area contributed by atoms with Crippen LogP contribution in [0.2, 0.25) is 0 Å². The Labute approximate surface area is 266 Å². The second kappa shape index (κ2) is 22.5. The third-order valence-electron chi connectivity index (χ3n) is 8.32. The molecule has 2 rings (SSSR count). The molecule has 0 spiro atoms. The van der Waals surface area contributed by atoms with E-state index in [9.17, 15) is 45.6 Å². The normalized spacial score (nSPS) is 32.8. The maximum Gasteiger partial charge on any atom is 0.305 e. The summed E-state index contributed by atoms with van der Waals surface area (Å²) in [4.78, 5) is 12.0. The van der Waals surface area contributed by atoms with Gasteiger partial charge in [-0.3, -0.25) is 4.79 Å². The highest BCUT2D eigenvalue weighted by atomic mass is 16.7. The van der Waals surface area contributed by atoms with Crippen LogP contribution in [0.4, 0.5) is 0 Å². The van der Waals surface area contributed by atoms with E-state index in [1.165, 1.54) is 57.8 Å². The predicted octanol–water partition coefficient (Wildman–Crippen LogP) is 0.0125. The van der Waals surface area contributed by atoms with Crippen molar-refractivity contribution < 1.29 is 69.3 Å². The van der Waals surface area contributed by atoms with Gasteiger partial charge in [0.2, 0.25) is 0 Å². The number of unbranched alkanes of at least 4 members (excludes halogenated alkanes) is 12. The van der Waals surface area contributed by atoms with Crippen molar-refractivity contribution in [2.75, 3.05) is 26.4 Å². The topological polar surface area (TPSA) is 225 Å². The van der Waals surface area contributed by atoms with Crippen molar-refractivity contribution >= 4 is 5.97 Å². The minimum atomic E-state index is -1.72. The van der Waals surface area contributed by atoms with E-state index in [-0.39, 0.29) is 13.0 Å². The second-order valence-electron chi connectivity index (χ2n) is 12.2. The lowest BCUT2D eigenvalue weighted by Gasteiger charge is -2.42. The molecule has 266 valence electrons. The van der Waals surface area contributed by atoms with Crippen molar-refractivity contribution in [3.8, 4) is 0 Å². The van der Waals surface area contributed by atoms with Crippen LogP contribution in [0.1, 0.15) is 96.8 Å². The monoisotopic (exact) mass is 654 g/mol. The molecule has 0 saturated carbocycles. The smallest absolute Gasteiger partial charge is 0.305 e. The number of rotatable bonds is 23. The Morgan fingerprint density at radius 2 is 1.09 bits per heavy atom. The molecular weight excluding hydrogens is 596 g/mol. The van der Waals surface area contributed by atoms with Crippen molar-refractivity contribution in [2.45, 2.75) is 164 Å². The van der Waals surface area contributed by atoms with Crippen LogP contribution in [0.25, 0.3) is 0 Å². The lowest BCUT2D eigenvalue weighted by Crippen LogP contribution is -2.61. The molecule has 2 heterocycles. The highest BCUT2D eigenvalue weighted by Crippen LogP contribution is 2.26. The molecule has 0 unspecified atom stereocenters. The van der Waals surface area contributed by atoms with Crippen molar-refractivity contribution in [2.24, 2.45) is 0 Å². The van der Waals surface area contributed by atoms with Gasteiger partial charge in [0.1, 0.15) is 61.5 Å². The molecule has 2 saturated heterocycles. The Bertz CT molecular complexity index is 773. The molecule has 2 aliphatic heterocycles. The first-order valence-corrected chi connectivity index (χ1v) is 16.7. The molecule has 11 atom stereocenters. The minimum Gasteiger partial charge on any atom is -0.463 e. The molecule has 2 fully saturated rings. The van der Waals surface area contributed by atoms with Crippen LogP contribution < -0.4 is 0 Å². The Balaban J connectivity index is 1.59.